The molecule has 0 bridgehead atoms. The van der Waals surface area contributed by atoms with Crippen LogP contribution >= 0.6 is 12.2 Å². The summed E-state index contributed by atoms with van der Waals surface area (Å²) < 4.78 is 0. The molecule has 0 radical (unpaired) electrons. The fourth-order valence-corrected chi connectivity index (χ4v) is 2.53. The highest BCUT2D eigenvalue weighted by atomic mass is 32.1. The Hall–Kier alpha value is -1.91. The molecule has 2 rings (SSSR count). The van der Waals surface area contributed by atoms with Crippen molar-refractivity contribution in [1.29, 1.82) is 0 Å². The maximum Gasteiger partial charge on any atom is 0.173 e. The summed E-state index contributed by atoms with van der Waals surface area (Å²) >= 11 is 5.65. The van der Waals surface area contributed by atoms with Gasteiger partial charge in [-0.3, -0.25) is 0 Å². The van der Waals surface area contributed by atoms with Gasteiger partial charge in [-0.15, -0.1) is 0 Å². The van der Waals surface area contributed by atoms with Crippen molar-refractivity contribution in [3.63, 3.8) is 0 Å². The van der Waals surface area contributed by atoms with Gasteiger partial charge in [0.2, 0.25) is 0 Å². The summed E-state index contributed by atoms with van der Waals surface area (Å²) in [5, 5.41) is 4.14. The van der Waals surface area contributed by atoms with E-state index in [9.17, 15) is 0 Å². The molecule has 0 aliphatic heterocycles. The second-order valence-corrected chi connectivity index (χ2v) is 6.55. The largest absolute Gasteiger partial charge is 0.339 e. The number of rotatable bonds is 6. The third-order valence-corrected chi connectivity index (χ3v) is 4.05. The number of thiocarbonyl (C=S) groups is 1. The Morgan fingerprint density at radius 3 is 2.30 bits per heavy atom. The number of anilines is 1. The van der Waals surface area contributed by atoms with Gasteiger partial charge in [-0.1, -0.05) is 48.0 Å². The zero-order valence-electron chi connectivity index (χ0n) is 14.2. The normalized spacial score (nSPS) is 10.6. The molecule has 0 saturated heterocycles. The lowest BCUT2D eigenvalue weighted by Gasteiger charge is -2.26. The molecule has 0 amide bonds. The number of nitrogens with zero attached hydrogens (tertiary/aromatic N) is 1. The Morgan fingerprint density at radius 2 is 1.70 bits per heavy atom. The van der Waals surface area contributed by atoms with Crippen molar-refractivity contribution in [1.82, 2.24) is 4.90 Å². The smallest absolute Gasteiger partial charge is 0.173 e. The zero-order chi connectivity index (χ0) is 16.7. The number of quaternary nitrogens is 1. The Kier molecular flexibility index (Phi) is 6.56. The minimum Gasteiger partial charge on any atom is -0.339 e. The molecule has 0 saturated carbocycles. The second-order valence-electron chi connectivity index (χ2n) is 6.16. The zero-order valence-corrected chi connectivity index (χ0v) is 15.0. The predicted octanol–water partition coefficient (Wildman–Crippen LogP) is 2.34. The average Bonchev–Trinajstić information content (AvgIpc) is 2.54. The molecule has 0 aromatic heterocycles. The van der Waals surface area contributed by atoms with Crippen LogP contribution in [0.2, 0.25) is 0 Å². The number of hydrogen-bond donors (Lipinski definition) is 2. The van der Waals surface area contributed by atoms with Crippen molar-refractivity contribution in [3.05, 3.63) is 65.7 Å². The predicted molar refractivity (Wildman–Crippen MR) is 102 cm³/mol. The van der Waals surface area contributed by atoms with Crippen molar-refractivity contribution >= 4 is 23.0 Å². The Morgan fingerprint density at radius 1 is 1.04 bits per heavy atom. The van der Waals surface area contributed by atoms with Gasteiger partial charge < -0.3 is 15.1 Å². The highest BCUT2D eigenvalue weighted by Gasteiger charge is 2.12. The molecule has 2 aromatic rings. The number of benzene rings is 2. The molecule has 122 valence electrons. The van der Waals surface area contributed by atoms with Crippen LogP contribution < -0.4 is 10.2 Å². The molecular weight excluding hydrogens is 302 g/mol. The van der Waals surface area contributed by atoms with Gasteiger partial charge in [0.1, 0.15) is 0 Å². The molecule has 0 unspecified atom stereocenters. The first-order valence-electron chi connectivity index (χ1n) is 8.00. The fourth-order valence-electron chi connectivity index (χ4n) is 2.25. The van der Waals surface area contributed by atoms with E-state index in [1.165, 1.54) is 16.0 Å². The van der Waals surface area contributed by atoms with Gasteiger partial charge in [0, 0.05) is 12.2 Å². The number of likely N-dealkylation sites (N-methyl/N-ethyl adjacent to an activating group) is 1. The van der Waals surface area contributed by atoms with Gasteiger partial charge in [0.25, 0.3) is 0 Å². The van der Waals surface area contributed by atoms with E-state index in [2.05, 4.69) is 79.8 Å². The van der Waals surface area contributed by atoms with Gasteiger partial charge in [-0.25, -0.2) is 0 Å². The Bertz CT molecular complexity index is 608. The summed E-state index contributed by atoms with van der Waals surface area (Å²) in [5.41, 5.74) is 3.56. The highest BCUT2D eigenvalue weighted by molar-refractivity contribution is 7.80. The standard InChI is InChI=1S/C19H25N3S/c1-16-9-11-18(12-10-16)20-19(23)22(14-13-21(2)3)15-17-7-5-4-6-8-17/h4-12H,13-15H2,1-3H3,(H,20,23)/p+1. The van der Waals surface area contributed by atoms with E-state index >= 15 is 0 Å². The Balaban J connectivity index is 2.05. The first kappa shape index (κ1) is 17.4. The molecule has 0 fully saturated rings. The van der Waals surface area contributed by atoms with E-state index < -0.39 is 0 Å². The quantitative estimate of drug-likeness (QED) is 0.794. The van der Waals surface area contributed by atoms with Crippen molar-refractivity contribution in [2.45, 2.75) is 13.5 Å². The minimum atomic E-state index is 0.777. The van der Waals surface area contributed by atoms with Gasteiger partial charge in [0.05, 0.1) is 27.2 Å². The third-order valence-electron chi connectivity index (χ3n) is 3.69. The average molecular weight is 329 g/mol. The monoisotopic (exact) mass is 328 g/mol. The van der Waals surface area contributed by atoms with Gasteiger partial charge in [-0.2, -0.15) is 0 Å². The van der Waals surface area contributed by atoms with Gasteiger partial charge in [-0.05, 0) is 36.8 Å². The first-order chi connectivity index (χ1) is 11.0. The molecule has 23 heavy (non-hydrogen) atoms. The van der Waals surface area contributed by atoms with E-state index in [1.54, 1.807) is 0 Å². The van der Waals surface area contributed by atoms with Crippen molar-refractivity contribution in [3.8, 4) is 0 Å². The number of nitrogens with one attached hydrogen (secondary N) is 2. The minimum absolute atomic E-state index is 0.777. The van der Waals surface area contributed by atoms with Crippen LogP contribution in [-0.4, -0.2) is 37.2 Å². The molecule has 0 atom stereocenters. The van der Waals surface area contributed by atoms with Crippen LogP contribution in [0.4, 0.5) is 5.69 Å². The maximum atomic E-state index is 5.65. The van der Waals surface area contributed by atoms with Crippen LogP contribution in [0.15, 0.2) is 54.6 Å². The summed E-state index contributed by atoms with van der Waals surface area (Å²) in [6.07, 6.45) is 0. The molecule has 4 heteroatoms. The summed E-state index contributed by atoms with van der Waals surface area (Å²) in [6, 6.07) is 18.8. The molecular formula is C19H26N3S+. The molecule has 2 N–H and O–H groups in total. The number of aryl methyl sites for hydroxylation is 1. The highest BCUT2D eigenvalue weighted by Crippen LogP contribution is 2.11. The molecule has 2 aromatic carbocycles. The van der Waals surface area contributed by atoms with Crippen LogP contribution in [0.5, 0.6) is 0 Å². The van der Waals surface area contributed by atoms with Crippen molar-refractivity contribution in [2.24, 2.45) is 0 Å². The first-order valence-corrected chi connectivity index (χ1v) is 8.41. The summed E-state index contributed by atoms with van der Waals surface area (Å²) in [7, 11) is 4.33. The van der Waals surface area contributed by atoms with E-state index in [4.69, 9.17) is 12.2 Å². The lowest BCUT2D eigenvalue weighted by atomic mass is 10.2. The molecule has 3 nitrogen and oxygen atoms in total. The van der Waals surface area contributed by atoms with Gasteiger partial charge in [0.15, 0.2) is 5.11 Å². The van der Waals surface area contributed by atoms with E-state index in [0.29, 0.717) is 0 Å². The van der Waals surface area contributed by atoms with Crippen molar-refractivity contribution < 1.29 is 4.90 Å². The molecule has 0 spiro atoms. The molecule has 0 aliphatic carbocycles. The molecule has 0 aliphatic rings. The fraction of sp³-hybridized carbons (Fsp3) is 0.316. The van der Waals surface area contributed by atoms with E-state index in [1.807, 2.05) is 6.07 Å². The van der Waals surface area contributed by atoms with Crippen molar-refractivity contribution in [2.75, 3.05) is 32.5 Å². The lowest BCUT2D eigenvalue weighted by molar-refractivity contribution is -0.857. The van der Waals surface area contributed by atoms with Crippen LogP contribution in [0.25, 0.3) is 0 Å². The van der Waals surface area contributed by atoms with Crippen LogP contribution in [0, 0.1) is 6.92 Å². The van der Waals surface area contributed by atoms with Crippen LogP contribution in [0.3, 0.4) is 0 Å². The second kappa shape index (κ2) is 8.65. The topological polar surface area (TPSA) is 19.7 Å². The van der Waals surface area contributed by atoms with E-state index in [-0.39, 0.29) is 0 Å². The molecule has 0 heterocycles. The number of hydrogen-bond acceptors (Lipinski definition) is 1. The third kappa shape index (κ3) is 6.00. The lowest BCUT2D eigenvalue weighted by Crippen LogP contribution is -3.06. The van der Waals surface area contributed by atoms with Gasteiger partial charge >= 0.3 is 0 Å². The van der Waals surface area contributed by atoms with Crippen LogP contribution in [0.1, 0.15) is 11.1 Å². The Labute approximate surface area is 144 Å². The van der Waals surface area contributed by atoms with E-state index in [0.717, 1.165) is 30.4 Å². The van der Waals surface area contributed by atoms with Crippen LogP contribution in [-0.2, 0) is 6.54 Å². The summed E-state index contributed by atoms with van der Waals surface area (Å²) in [4.78, 5) is 3.65. The maximum absolute atomic E-state index is 5.65. The SMILES string of the molecule is Cc1ccc(NC(=S)N(CC[NH+](C)C)Cc2ccccc2)cc1. The summed E-state index contributed by atoms with van der Waals surface area (Å²) in [5.74, 6) is 0. The summed E-state index contributed by atoms with van der Waals surface area (Å²) in [6.45, 7) is 4.88.